The average Bonchev–Trinajstić information content (AvgIpc) is 2.21. The van der Waals surface area contributed by atoms with Crippen molar-refractivity contribution in [1.29, 1.82) is 0 Å². The van der Waals surface area contributed by atoms with Crippen molar-refractivity contribution < 1.29 is 0 Å². The number of aromatic nitrogens is 1. The fourth-order valence-corrected chi connectivity index (χ4v) is 1.68. The maximum atomic E-state index is 4.13. The smallest absolute Gasteiger partial charge is 0.0346 e. The third-order valence-electron chi connectivity index (χ3n) is 1.92. The zero-order valence-electron chi connectivity index (χ0n) is 8.71. The molecule has 0 saturated heterocycles. The lowest BCUT2D eigenvalue weighted by Crippen LogP contribution is -1.80. The van der Waals surface area contributed by atoms with Crippen LogP contribution < -0.4 is 0 Å². The number of benzene rings is 1. The summed E-state index contributed by atoms with van der Waals surface area (Å²) in [6.07, 6.45) is 3.77. The fourth-order valence-electron chi connectivity index (χ4n) is 1.30. The van der Waals surface area contributed by atoms with Crippen molar-refractivity contribution in [2.24, 2.45) is 0 Å². The number of fused-ring (bicyclic) bond motifs is 1. The maximum absolute atomic E-state index is 4.13. The van der Waals surface area contributed by atoms with Gasteiger partial charge >= 0.3 is 0 Å². The summed E-state index contributed by atoms with van der Waals surface area (Å²) in [5.74, 6) is 0. The van der Waals surface area contributed by atoms with Gasteiger partial charge in [0.1, 0.15) is 0 Å². The highest BCUT2D eigenvalue weighted by atomic mass is 79.9. The molecule has 2 aromatic rings. The van der Waals surface area contributed by atoms with Crippen molar-refractivity contribution in [3.63, 3.8) is 0 Å². The monoisotopic (exact) mass is 251 g/mol. The Morgan fingerprint density at radius 1 is 1.14 bits per heavy atom. The molecule has 0 fully saturated rings. The Labute approximate surface area is 93.3 Å². The summed E-state index contributed by atoms with van der Waals surface area (Å²) in [5.41, 5.74) is 1.22. The number of nitrogens with zero attached hydrogens (tertiary/aromatic N) is 1. The van der Waals surface area contributed by atoms with E-state index in [-0.39, 0.29) is 0 Å². The molecule has 0 amide bonds. The van der Waals surface area contributed by atoms with Crippen molar-refractivity contribution >= 4 is 26.7 Å². The summed E-state index contributed by atoms with van der Waals surface area (Å²) in [6.45, 7) is 6.07. The minimum absolute atomic E-state index is 1.10. The summed E-state index contributed by atoms with van der Waals surface area (Å²) < 4.78 is 1.10. The summed E-state index contributed by atoms with van der Waals surface area (Å²) in [6, 6.07) is 6.24. The van der Waals surface area contributed by atoms with E-state index in [2.05, 4.69) is 46.0 Å². The molecule has 0 atom stereocenters. The Morgan fingerprint density at radius 2 is 1.86 bits per heavy atom. The first-order valence-corrected chi connectivity index (χ1v) is 5.56. The van der Waals surface area contributed by atoms with Gasteiger partial charge in [-0.05, 0) is 30.0 Å². The van der Waals surface area contributed by atoms with Gasteiger partial charge in [-0.1, -0.05) is 35.8 Å². The van der Waals surface area contributed by atoms with Gasteiger partial charge in [0.25, 0.3) is 0 Å². The van der Waals surface area contributed by atoms with Crippen LogP contribution in [-0.4, -0.2) is 4.98 Å². The van der Waals surface area contributed by atoms with E-state index in [0.29, 0.717) is 0 Å². The van der Waals surface area contributed by atoms with Crippen LogP contribution in [0.3, 0.4) is 0 Å². The average molecular weight is 252 g/mol. The molecule has 0 radical (unpaired) electrons. The highest BCUT2D eigenvalue weighted by molar-refractivity contribution is 9.10. The molecule has 14 heavy (non-hydrogen) atoms. The van der Waals surface area contributed by atoms with E-state index in [1.54, 1.807) is 0 Å². The van der Waals surface area contributed by atoms with Crippen molar-refractivity contribution in [3.8, 4) is 0 Å². The minimum Gasteiger partial charge on any atom is -0.264 e. The lowest BCUT2D eigenvalue weighted by atomic mass is 10.1. The normalized spacial score (nSPS) is 9.43. The van der Waals surface area contributed by atoms with Crippen LogP contribution in [0.5, 0.6) is 0 Å². The lowest BCUT2D eigenvalue weighted by Gasteiger charge is -2.00. The summed E-state index contributed by atoms with van der Waals surface area (Å²) in [5, 5.41) is 2.46. The minimum atomic E-state index is 1.10. The molecule has 0 unspecified atom stereocenters. The number of aryl methyl sites for hydroxylation is 1. The number of hydrogen-bond acceptors (Lipinski definition) is 1. The summed E-state index contributed by atoms with van der Waals surface area (Å²) in [7, 11) is 0. The fraction of sp³-hybridized carbons (Fsp3) is 0.250. The van der Waals surface area contributed by atoms with Crippen LogP contribution in [0.2, 0.25) is 0 Å². The first-order valence-electron chi connectivity index (χ1n) is 4.77. The van der Waals surface area contributed by atoms with Crippen LogP contribution in [0.15, 0.2) is 35.1 Å². The molecule has 1 nitrogen and oxygen atoms in total. The van der Waals surface area contributed by atoms with Crippen molar-refractivity contribution in [2.75, 3.05) is 0 Å². The van der Waals surface area contributed by atoms with Crippen LogP contribution in [0.25, 0.3) is 10.8 Å². The lowest BCUT2D eigenvalue weighted by molar-refractivity contribution is 1.31. The van der Waals surface area contributed by atoms with Crippen LogP contribution in [0.1, 0.15) is 19.4 Å². The van der Waals surface area contributed by atoms with Gasteiger partial charge in [-0.25, -0.2) is 0 Å². The number of halogens is 1. The predicted molar refractivity (Wildman–Crippen MR) is 65.5 cm³/mol. The van der Waals surface area contributed by atoms with Gasteiger partial charge in [-0.2, -0.15) is 0 Å². The molecule has 74 valence electrons. The molecule has 0 N–H and O–H groups in total. The van der Waals surface area contributed by atoms with Gasteiger partial charge in [0.15, 0.2) is 0 Å². The molecule has 2 rings (SSSR count). The maximum Gasteiger partial charge on any atom is 0.0346 e. The molecule has 1 aromatic heterocycles. The number of hydrogen-bond donors (Lipinski definition) is 0. The standard InChI is InChI=1S/C10H8BrN.C2H6/c1-7-5-12-6-8-4-9(11)2-3-10(7)8;1-2/h2-6H,1H3;1-2H3. The van der Waals surface area contributed by atoms with Gasteiger partial charge in [-0.3, -0.25) is 4.98 Å². The van der Waals surface area contributed by atoms with E-state index in [0.717, 1.165) is 4.47 Å². The largest absolute Gasteiger partial charge is 0.264 e. The zero-order chi connectivity index (χ0) is 10.6. The molecule has 0 spiro atoms. The quantitative estimate of drug-likeness (QED) is 0.679. The number of rotatable bonds is 0. The van der Waals surface area contributed by atoms with Crippen LogP contribution in [0, 0.1) is 6.92 Å². The Morgan fingerprint density at radius 3 is 2.57 bits per heavy atom. The van der Waals surface area contributed by atoms with Gasteiger partial charge in [0.2, 0.25) is 0 Å². The van der Waals surface area contributed by atoms with Gasteiger partial charge in [0, 0.05) is 22.3 Å². The highest BCUT2D eigenvalue weighted by Gasteiger charge is 1.96. The van der Waals surface area contributed by atoms with Crippen molar-refractivity contribution in [2.45, 2.75) is 20.8 Å². The highest BCUT2D eigenvalue weighted by Crippen LogP contribution is 2.20. The first kappa shape index (κ1) is 11.2. The van der Waals surface area contributed by atoms with Crippen molar-refractivity contribution in [3.05, 3.63) is 40.6 Å². The summed E-state index contributed by atoms with van der Waals surface area (Å²) in [4.78, 5) is 4.13. The molecule has 2 heteroatoms. The van der Waals surface area contributed by atoms with E-state index < -0.39 is 0 Å². The van der Waals surface area contributed by atoms with E-state index in [4.69, 9.17) is 0 Å². The molecule has 0 saturated carbocycles. The number of pyridine rings is 1. The molecular formula is C12H14BrN. The van der Waals surface area contributed by atoms with Crippen LogP contribution in [-0.2, 0) is 0 Å². The Hall–Kier alpha value is -0.890. The molecule has 0 aliphatic rings. The van der Waals surface area contributed by atoms with Gasteiger partial charge < -0.3 is 0 Å². The van der Waals surface area contributed by atoms with Gasteiger partial charge in [-0.15, -0.1) is 0 Å². The second-order valence-corrected chi connectivity index (χ2v) is 3.74. The van der Waals surface area contributed by atoms with E-state index in [1.165, 1.54) is 16.3 Å². The molecule has 0 bridgehead atoms. The molecule has 0 aliphatic heterocycles. The van der Waals surface area contributed by atoms with Gasteiger partial charge in [0.05, 0.1) is 0 Å². The Balaban J connectivity index is 0.000000461. The molecule has 1 heterocycles. The SMILES string of the molecule is CC.Cc1cncc2cc(Br)ccc12. The van der Waals surface area contributed by atoms with Crippen LogP contribution >= 0.6 is 15.9 Å². The molecule has 1 aromatic carbocycles. The van der Waals surface area contributed by atoms with E-state index in [9.17, 15) is 0 Å². The van der Waals surface area contributed by atoms with Crippen molar-refractivity contribution in [1.82, 2.24) is 4.98 Å². The second-order valence-electron chi connectivity index (χ2n) is 2.82. The zero-order valence-corrected chi connectivity index (χ0v) is 10.3. The second kappa shape index (κ2) is 5.11. The molecule has 0 aliphatic carbocycles. The first-order chi connectivity index (χ1) is 6.77. The summed E-state index contributed by atoms with van der Waals surface area (Å²) >= 11 is 3.43. The third kappa shape index (κ3) is 2.32. The van der Waals surface area contributed by atoms with E-state index in [1.807, 2.05) is 26.2 Å². The van der Waals surface area contributed by atoms with E-state index >= 15 is 0 Å². The predicted octanol–water partition coefficient (Wildman–Crippen LogP) is 4.33. The van der Waals surface area contributed by atoms with Crippen LogP contribution in [0.4, 0.5) is 0 Å². The topological polar surface area (TPSA) is 12.9 Å². The Bertz CT molecular complexity index is 424. The molecular weight excluding hydrogens is 238 g/mol. The Kier molecular flexibility index (Phi) is 4.08. The third-order valence-corrected chi connectivity index (χ3v) is 2.41.